The normalized spacial score (nSPS) is 15.1. The third-order valence-electron chi connectivity index (χ3n) is 8.51. The van der Waals surface area contributed by atoms with Crippen molar-refractivity contribution in [3.63, 3.8) is 0 Å². The first-order chi connectivity index (χ1) is 21.3. The predicted molar refractivity (Wildman–Crippen MR) is 199 cm³/mol. The largest absolute Gasteiger partial charge is 0.493 e. The molecule has 0 radical (unpaired) electrons. The molecule has 4 heteroatoms. The van der Waals surface area contributed by atoms with E-state index in [2.05, 4.69) is 93.9 Å². The highest BCUT2D eigenvalue weighted by atomic mass is 31.2. The van der Waals surface area contributed by atoms with Crippen molar-refractivity contribution in [2.75, 3.05) is 6.61 Å². The van der Waals surface area contributed by atoms with Gasteiger partial charge in [-0.1, -0.05) is 95.5 Å². The molecule has 3 aromatic carbocycles. The van der Waals surface area contributed by atoms with Gasteiger partial charge in [-0.2, -0.15) is 0 Å². The highest BCUT2D eigenvalue weighted by Gasteiger charge is 2.42. The Bertz CT molecular complexity index is 1710. The fourth-order valence-corrected chi connectivity index (χ4v) is 9.60. The minimum Gasteiger partial charge on any atom is -0.493 e. The summed E-state index contributed by atoms with van der Waals surface area (Å²) in [5.41, 5.74) is 6.08. The van der Waals surface area contributed by atoms with Gasteiger partial charge in [-0.05, 0) is 85.0 Å². The number of aryl methyl sites for hydroxylation is 2. The second-order valence-corrected chi connectivity index (χ2v) is 15.0. The SMILES string of the molecule is C#CC#CC#COc1cc(C)c(OCCCCCC)cc1-c1ccc2c(c1)P(=O)(C(C)CCCCCC)c1cc(C)ccc1-2.[HH].[HH].[HH].[HH].[HH].[HH]. The average Bonchev–Trinajstić information content (AvgIpc) is 3.27. The number of unbranched alkanes of at least 4 members (excludes halogenated alkanes) is 6. The lowest BCUT2D eigenvalue weighted by Crippen LogP contribution is -2.20. The van der Waals surface area contributed by atoms with Crippen LogP contribution in [0.1, 0.15) is 98.2 Å². The van der Waals surface area contributed by atoms with Gasteiger partial charge < -0.3 is 14.0 Å². The molecule has 0 fully saturated rings. The van der Waals surface area contributed by atoms with E-state index in [1.807, 2.05) is 19.1 Å². The molecule has 0 N–H and O–H groups in total. The summed E-state index contributed by atoms with van der Waals surface area (Å²) in [7, 11) is -2.90. The molecule has 0 amide bonds. The Morgan fingerprint density at radius 2 is 1.50 bits per heavy atom. The molecule has 44 heavy (non-hydrogen) atoms. The minimum atomic E-state index is -2.90. The van der Waals surface area contributed by atoms with Gasteiger partial charge in [0.05, 0.1) is 6.61 Å². The summed E-state index contributed by atoms with van der Waals surface area (Å²) in [4.78, 5) is 0. The van der Waals surface area contributed by atoms with E-state index >= 15 is 4.57 Å². The smallest absolute Gasteiger partial charge is 0.148 e. The molecule has 3 nitrogen and oxygen atoms in total. The maximum Gasteiger partial charge on any atom is 0.148 e. The van der Waals surface area contributed by atoms with Crippen molar-refractivity contribution in [1.29, 1.82) is 0 Å². The fraction of sp³-hybridized carbons (Fsp3) is 0.400. The number of ether oxygens (including phenoxy) is 2. The van der Waals surface area contributed by atoms with E-state index in [9.17, 15) is 0 Å². The monoisotopic (exact) mass is 616 g/mol. The van der Waals surface area contributed by atoms with E-state index in [1.165, 1.54) is 32.1 Å². The van der Waals surface area contributed by atoms with Crippen molar-refractivity contribution in [3.05, 3.63) is 59.7 Å². The predicted octanol–water partition coefficient (Wildman–Crippen LogP) is 11.0. The summed E-state index contributed by atoms with van der Waals surface area (Å²) in [6.07, 6.45) is 18.1. The fourth-order valence-electron chi connectivity index (χ4n) is 6.01. The van der Waals surface area contributed by atoms with E-state index < -0.39 is 7.14 Å². The van der Waals surface area contributed by atoms with Crippen LogP contribution in [0.25, 0.3) is 22.3 Å². The van der Waals surface area contributed by atoms with Crippen LogP contribution in [0.3, 0.4) is 0 Å². The molecule has 1 aliphatic heterocycles. The first kappa shape index (κ1) is 33.1. The number of fused-ring (bicyclic) bond motifs is 3. The number of hydrogen-bond acceptors (Lipinski definition) is 3. The van der Waals surface area contributed by atoms with E-state index in [0.29, 0.717) is 12.4 Å². The van der Waals surface area contributed by atoms with Crippen LogP contribution in [-0.2, 0) is 4.57 Å². The van der Waals surface area contributed by atoms with Crippen LogP contribution >= 0.6 is 7.14 Å². The zero-order valence-corrected chi connectivity index (χ0v) is 27.9. The van der Waals surface area contributed by atoms with Crippen molar-refractivity contribution in [2.45, 2.75) is 98.1 Å². The number of terminal acetylenes is 1. The highest BCUT2D eigenvalue weighted by Crippen LogP contribution is 2.58. The Hall–Kier alpha value is -3.83. The number of hydrogen-bond donors (Lipinski definition) is 0. The Balaban J connectivity index is -0.00000368. The molecule has 0 aliphatic carbocycles. The molecule has 3 aromatic rings. The Morgan fingerprint density at radius 1 is 0.795 bits per heavy atom. The van der Waals surface area contributed by atoms with E-state index in [-0.39, 0.29) is 14.2 Å². The van der Waals surface area contributed by atoms with Crippen molar-refractivity contribution < 1.29 is 22.6 Å². The molecule has 0 saturated heterocycles. The summed E-state index contributed by atoms with van der Waals surface area (Å²) in [5.74, 6) is 11.4. The van der Waals surface area contributed by atoms with Crippen molar-refractivity contribution in [3.8, 4) is 70.0 Å². The molecular formula is C40H57O3P. The Labute approximate surface area is 274 Å². The zero-order chi connectivity index (χ0) is 31.5. The van der Waals surface area contributed by atoms with Crippen molar-refractivity contribution in [1.82, 2.24) is 0 Å². The van der Waals surface area contributed by atoms with Crippen LogP contribution in [0.15, 0.2) is 48.5 Å². The maximum atomic E-state index is 15.4. The van der Waals surface area contributed by atoms with Crippen LogP contribution in [0.4, 0.5) is 0 Å². The molecule has 4 rings (SSSR count). The quantitative estimate of drug-likeness (QED) is 0.103. The van der Waals surface area contributed by atoms with Gasteiger partial charge in [-0.3, -0.25) is 0 Å². The van der Waals surface area contributed by atoms with Gasteiger partial charge in [0.2, 0.25) is 0 Å². The van der Waals surface area contributed by atoms with Gasteiger partial charge in [0.15, 0.2) is 0 Å². The summed E-state index contributed by atoms with van der Waals surface area (Å²) in [6, 6.07) is 16.8. The third kappa shape index (κ3) is 7.44. The third-order valence-corrected chi connectivity index (χ3v) is 12.2. The van der Waals surface area contributed by atoms with E-state index in [0.717, 1.165) is 75.4 Å². The molecule has 0 aromatic heterocycles. The van der Waals surface area contributed by atoms with Crippen LogP contribution < -0.4 is 20.1 Å². The summed E-state index contributed by atoms with van der Waals surface area (Å²) >= 11 is 0. The van der Waals surface area contributed by atoms with Gasteiger partial charge >= 0.3 is 0 Å². The highest BCUT2D eigenvalue weighted by molar-refractivity contribution is 7.80. The van der Waals surface area contributed by atoms with E-state index in [1.54, 1.807) is 0 Å². The first-order valence-corrected chi connectivity index (χ1v) is 17.9. The van der Waals surface area contributed by atoms with Gasteiger partial charge in [-0.25, -0.2) is 0 Å². The lowest BCUT2D eigenvalue weighted by Gasteiger charge is -2.24. The first-order valence-electron chi connectivity index (χ1n) is 16.1. The summed E-state index contributed by atoms with van der Waals surface area (Å²) in [6.45, 7) is 11.4. The molecule has 2 atom stereocenters. The van der Waals surface area contributed by atoms with Crippen LogP contribution in [-0.4, -0.2) is 12.3 Å². The lowest BCUT2D eigenvalue weighted by molar-refractivity contribution is 0.303. The van der Waals surface area contributed by atoms with Gasteiger partial charge in [0.25, 0.3) is 0 Å². The molecule has 0 bridgehead atoms. The molecule has 1 heterocycles. The number of benzene rings is 3. The van der Waals surface area contributed by atoms with E-state index in [4.69, 9.17) is 15.9 Å². The summed E-state index contributed by atoms with van der Waals surface area (Å²) < 4.78 is 27.6. The molecule has 0 saturated carbocycles. The molecule has 2 unspecified atom stereocenters. The molecular weight excluding hydrogens is 559 g/mol. The molecule has 240 valence electrons. The van der Waals surface area contributed by atoms with Crippen LogP contribution in [0.5, 0.6) is 11.5 Å². The Kier molecular flexibility index (Phi) is 11.8. The van der Waals surface area contributed by atoms with Gasteiger partial charge in [0.1, 0.15) is 24.7 Å². The van der Waals surface area contributed by atoms with Crippen LogP contribution in [0, 0.1) is 50.1 Å². The molecule has 1 aliphatic rings. The number of rotatable bonds is 14. The topological polar surface area (TPSA) is 35.5 Å². The second-order valence-electron chi connectivity index (χ2n) is 11.9. The Morgan fingerprint density at radius 3 is 2.23 bits per heavy atom. The lowest BCUT2D eigenvalue weighted by atomic mass is 9.98. The minimum absolute atomic E-state index is 0. The van der Waals surface area contributed by atoms with Crippen LogP contribution in [0.2, 0.25) is 0 Å². The van der Waals surface area contributed by atoms with Gasteiger partial charge in [-0.15, -0.1) is 6.42 Å². The van der Waals surface area contributed by atoms with Gasteiger partial charge in [0, 0.05) is 42.2 Å². The molecule has 0 spiro atoms. The van der Waals surface area contributed by atoms with Crippen molar-refractivity contribution in [2.24, 2.45) is 0 Å². The second kappa shape index (κ2) is 15.8. The average molecular weight is 617 g/mol. The zero-order valence-electron chi connectivity index (χ0n) is 27.0. The standard InChI is InChI=1S/C40H45O3P.6H2/c1-7-10-13-16-19-32(6)44(41)39-26-30(4)20-22-34(39)35-23-21-33(28-40(35)44)36-29-37(42-24-17-14-11-8-2)31(5)27-38(36)43-25-18-15-12-9-3;;;;;;/h3,20-23,26-29,32H,7-8,10-11,13-14,16-17,19,24H2,1-2,4-6H3;6*1H. The summed E-state index contributed by atoms with van der Waals surface area (Å²) in [5, 5.41) is 1.94. The van der Waals surface area contributed by atoms with Crippen molar-refractivity contribution >= 4 is 17.8 Å². The maximum absolute atomic E-state index is 15.4.